The number of unbranched alkanes of at least 4 members (excludes halogenated alkanes) is 7. The van der Waals surface area contributed by atoms with Crippen LogP contribution < -0.4 is 5.32 Å². The van der Waals surface area contributed by atoms with E-state index in [2.05, 4.69) is 63.2 Å². The maximum Gasteiger partial charge on any atom is 0.0629 e. The van der Waals surface area contributed by atoms with E-state index in [0.29, 0.717) is 0 Å². The van der Waals surface area contributed by atoms with Gasteiger partial charge in [-0.3, -0.25) is 0 Å². The molecule has 20 heavy (non-hydrogen) atoms. The van der Waals surface area contributed by atoms with Crippen LogP contribution in [0.4, 0.5) is 5.69 Å². The Balaban J connectivity index is 2.13. The third-order valence-corrected chi connectivity index (χ3v) is 4.77. The maximum atomic E-state index is 3.62. The average Bonchev–Trinajstić information content (AvgIpc) is 2.39. The summed E-state index contributed by atoms with van der Waals surface area (Å²) in [4.78, 5) is 0. The minimum atomic E-state index is 1.05. The first-order valence-corrected chi connectivity index (χ1v) is 9.43. The number of anilines is 1. The fourth-order valence-corrected chi connectivity index (χ4v) is 4.04. The average molecular weight is 405 g/mol. The van der Waals surface area contributed by atoms with Gasteiger partial charge < -0.3 is 5.32 Å². The van der Waals surface area contributed by atoms with Crippen LogP contribution in [0, 0.1) is 6.92 Å². The first-order valence-electron chi connectivity index (χ1n) is 7.84. The monoisotopic (exact) mass is 403 g/mol. The Bertz CT molecular complexity index is 368. The van der Waals surface area contributed by atoms with E-state index in [1.165, 1.54) is 62.6 Å². The van der Waals surface area contributed by atoms with Crippen molar-refractivity contribution in [2.75, 3.05) is 11.9 Å². The van der Waals surface area contributed by atoms with Crippen LogP contribution in [-0.2, 0) is 0 Å². The van der Waals surface area contributed by atoms with Crippen LogP contribution in [0.3, 0.4) is 0 Å². The molecule has 0 aromatic heterocycles. The van der Waals surface area contributed by atoms with E-state index in [1.807, 2.05) is 0 Å². The lowest BCUT2D eigenvalue weighted by molar-refractivity contribution is 0.581. The minimum absolute atomic E-state index is 1.05. The normalized spacial score (nSPS) is 10.8. The molecule has 0 aliphatic heterocycles. The topological polar surface area (TPSA) is 12.0 Å². The van der Waals surface area contributed by atoms with Crippen molar-refractivity contribution < 1.29 is 0 Å². The molecule has 114 valence electrons. The van der Waals surface area contributed by atoms with E-state index in [-0.39, 0.29) is 0 Å². The molecule has 1 N–H and O–H groups in total. The maximum absolute atomic E-state index is 3.62. The molecule has 1 aromatic rings. The van der Waals surface area contributed by atoms with E-state index in [9.17, 15) is 0 Å². The van der Waals surface area contributed by atoms with Gasteiger partial charge in [-0.25, -0.2) is 0 Å². The van der Waals surface area contributed by atoms with Gasteiger partial charge in [-0.1, -0.05) is 51.9 Å². The Morgan fingerprint density at radius 3 is 1.90 bits per heavy atom. The first-order chi connectivity index (χ1) is 9.65. The second-order valence-corrected chi connectivity index (χ2v) is 7.21. The van der Waals surface area contributed by atoms with Crippen LogP contribution in [0.5, 0.6) is 0 Å². The first kappa shape index (κ1) is 18.0. The molecule has 0 amide bonds. The molecule has 0 aliphatic carbocycles. The Hall–Kier alpha value is -0.0200. The van der Waals surface area contributed by atoms with Crippen molar-refractivity contribution >= 4 is 37.5 Å². The van der Waals surface area contributed by atoms with Crippen molar-refractivity contribution in [2.45, 2.75) is 65.2 Å². The number of hydrogen-bond acceptors (Lipinski definition) is 1. The van der Waals surface area contributed by atoms with E-state index in [4.69, 9.17) is 0 Å². The second-order valence-electron chi connectivity index (χ2n) is 5.51. The third kappa shape index (κ3) is 7.12. The number of hydrogen-bond donors (Lipinski definition) is 1. The Morgan fingerprint density at radius 1 is 0.850 bits per heavy atom. The lowest BCUT2D eigenvalue weighted by Crippen LogP contribution is -2.03. The van der Waals surface area contributed by atoms with Crippen molar-refractivity contribution in [3.63, 3.8) is 0 Å². The molecule has 0 atom stereocenters. The van der Waals surface area contributed by atoms with E-state index in [1.54, 1.807) is 0 Å². The Kier molecular flexibility index (Phi) is 9.62. The van der Waals surface area contributed by atoms with Gasteiger partial charge in [-0.2, -0.15) is 0 Å². The molecule has 0 fully saturated rings. The zero-order valence-corrected chi connectivity index (χ0v) is 15.9. The molecule has 0 unspecified atom stereocenters. The molecule has 0 heterocycles. The summed E-state index contributed by atoms with van der Waals surface area (Å²) >= 11 is 7.25. The smallest absolute Gasteiger partial charge is 0.0629 e. The van der Waals surface area contributed by atoms with Crippen LogP contribution in [0.25, 0.3) is 0 Å². The van der Waals surface area contributed by atoms with Gasteiger partial charge in [0.2, 0.25) is 0 Å². The standard InChI is InChI=1S/C17H27Br2N/c1-3-4-5-6-7-8-9-10-11-20-17-15(18)12-14(2)13-16(17)19/h12-13,20H,3-11H2,1-2H3. The van der Waals surface area contributed by atoms with Crippen molar-refractivity contribution in [3.8, 4) is 0 Å². The van der Waals surface area contributed by atoms with Gasteiger partial charge in [0, 0.05) is 15.5 Å². The number of halogens is 2. The highest BCUT2D eigenvalue weighted by molar-refractivity contribution is 9.11. The lowest BCUT2D eigenvalue weighted by atomic mass is 10.1. The zero-order chi connectivity index (χ0) is 14.8. The van der Waals surface area contributed by atoms with Crippen molar-refractivity contribution in [2.24, 2.45) is 0 Å². The number of benzene rings is 1. The molecular formula is C17H27Br2N. The molecule has 1 aromatic carbocycles. The summed E-state index contributed by atoms with van der Waals surface area (Å²) in [5, 5.41) is 3.53. The summed E-state index contributed by atoms with van der Waals surface area (Å²) in [7, 11) is 0. The molecule has 0 bridgehead atoms. The summed E-state index contributed by atoms with van der Waals surface area (Å²) in [6.45, 7) is 5.43. The summed E-state index contributed by atoms with van der Waals surface area (Å²) < 4.78 is 2.29. The van der Waals surface area contributed by atoms with Gasteiger partial charge in [-0.15, -0.1) is 0 Å². The van der Waals surface area contributed by atoms with Crippen LogP contribution in [-0.4, -0.2) is 6.54 Å². The van der Waals surface area contributed by atoms with Crippen LogP contribution in [0.15, 0.2) is 21.1 Å². The molecule has 3 heteroatoms. The molecule has 0 saturated heterocycles. The number of nitrogens with one attached hydrogen (secondary N) is 1. The quantitative estimate of drug-likeness (QED) is 0.411. The predicted octanol–water partition coefficient (Wildman–Crippen LogP) is 7.07. The van der Waals surface area contributed by atoms with Gasteiger partial charge in [0.15, 0.2) is 0 Å². The highest BCUT2D eigenvalue weighted by Gasteiger charge is 2.05. The molecule has 0 spiro atoms. The van der Waals surface area contributed by atoms with Gasteiger partial charge in [0.1, 0.15) is 0 Å². The highest BCUT2D eigenvalue weighted by atomic mass is 79.9. The Labute approximate surface area is 141 Å². The van der Waals surface area contributed by atoms with Gasteiger partial charge in [0.25, 0.3) is 0 Å². The molecule has 1 nitrogen and oxygen atoms in total. The van der Waals surface area contributed by atoms with E-state index in [0.717, 1.165) is 15.5 Å². The predicted molar refractivity (Wildman–Crippen MR) is 97.7 cm³/mol. The minimum Gasteiger partial charge on any atom is -0.383 e. The van der Waals surface area contributed by atoms with E-state index < -0.39 is 0 Å². The van der Waals surface area contributed by atoms with Crippen molar-refractivity contribution in [1.29, 1.82) is 0 Å². The Morgan fingerprint density at radius 2 is 1.35 bits per heavy atom. The largest absolute Gasteiger partial charge is 0.383 e. The van der Waals surface area contributed by atoms with Crippen LogP contribution in [0.2, 0.25) is 0 Å². The molecule has 1 rings (SSSR count). The van der Waals surface area contributed by atoms with Gasteiger partial charge in [-0.05, 0) is 62.9 Å². The zero-order valence-electron chi connectivity index (χ0n) is 12.8. The van der Waals surface area contributed by atoms with Crippen LogP contribution >= 0.6 is 31.9 Å². The fourth-order valence-electron chi connectivity index (χ4n) is 2.34. The third-order valence-electron chi connectivity index (χ3n) is 3.52. The summed E-state index contributed by atoms with van der Waals surface area (Å²) in [5.74, 6) is 0. The second kappa shape index (κ2) is 10.7. The lowest BCUT2D eigenvalue weighted by Gasteiger charge is -2.11. The van der Waals surface area contributed by atoms with Gasteiger partial charge >= 0.3 is 0 Å². The number of rotatable bonds is 10. The van der Waals surface area contributed by atoms with Crippen molar-refractivity contribution in [3.05, 3.63) is 26.6 Å². The molecule has 0 saturated carbocycles. The molecule has 0 aliphatic rings. The molecule has 0 radical (unpaired) electrons. The summed E-state index contributed by atoms with van der Waals surface area (Å²) in [6.07, 6.45) is 10.9. The molecular weight excluding hydrogens is 378 g/mol. The van der Waals surface area contributed by atoms with Gasteiger partial charge in [0.05, 0.1) is 5.69 Å². The van der Waals surface area contributed by atoms with Crippen molar-refractivity contribution in [1.82, 2.24) is 0 Å². The summed E-state index contributed by atoms with van der Waals surface area (Å²) in [6, 6.07) is 4.31. The van der Waals surface area contributed by atoms with E-state index >= 15 is 0 Å². The fraction of sp³-hybridized carbons (Fsp3) is 0.647. The number of aryl methyl sites for hydroxylation is 1. The van der Waals surface area contributed by atoms with Crippen LogP contribution in [0.1, 0.15) is 63.9 Å². The summed E-state index contributed by atoms with van der Waals surface area (Å²) in [5.41, 5.74) is 2.44. The SMILES string of the molecule is CCCCCCCCCCNc1c(Br)cc(C)cc1Br. The highest BCUT2D eigenvalue weighted by Crippen LogP contribution is 2.32.